The number of benzene rings is 5. The van der Waals surface area contributed by atoms with E-state index in [1.54, 1.807) is 45.6 Å². The van der Waals surface area contributed by atoms with Crippen LogP contribution in [0.15, 0.2) is 109 Å². The standard InChI is InChI=1S/C41H36ClN3O5/c1-48-35-15-4-26(5-16-35)24-45-36-17-10-29(27-8-13-34(14-9-27)43-40(46)28-6-11-33(42)12-7-28)20-31(36)21-37(45)41(47)44-19-18-30-22-38(49-2)39(50-3)23-32(30)25-44/h4-17,20-23H,18-19,24-25H2,1-3H3,(H,43,46). The van der Waals surface area contributed by atoms with E-state index >= 15 is 0 Å². The molecule has 0 unspecified atom stereocenters. The number of rotatable bonds is 9. The molecule has 7 rings (SSSR count). The molecule has 1 aliphatic heterocycles. The Morgan fingerprint density at radius 1 is 0.740 bits per heavy atom. The van der Waals surface area contributed by atoms with Gasteiger partial charge in [-0.1, -0.05) is 41.9 Å². The van der Waals surface area contributed by atoms with Gasteiger partial charge in [0.2, 0.25) is 0 Å². The molecule has 2 amide bonds. The topological polar surface area (TPSA) is 82.0 Å². The van der Waals surface area contributed by atoms with E-state index in [0.29, 0.717) is 53.1 Å². The first-order chi connectivity index (χ1) is 24.3. The molecule has 1 aromatic heterocycles. The lowest BCUT2D eigenvalue weighted by Crippen LogP contribution is -2.37. The van der Waals surface area contributed by atoms with Crippen molar-refractivity contribution in [1.29, 1.82) is 0 Å². The number of methoxy groups -OCH3 is 3. The summed E-state index contributed by atoms with van der Waals surface area (Å²) in [5.74, 6) is 1.89. The monoisotopic (exact) mass is 685 g/mol. The van der Waals surface area contributed by atoms with Gasteiger partial charge in [-0.25, -0.2) is 0 Å². The van der Waals surface area contributed by atoms with E-state index in [0.717, 1.165) is 50.9 Å². The van der Waals surface area contributed by atoms with Gasteiger partial charge in [-0.05, 0) is 113 Å². The number of halogens is 1. The average molecular weight is 686 g/mol. The second-order valence-electron chi connectivity index (χ2n) is 12.2. The molecule has 0 atom stereocenters. The zero-order valence-corrected chi connectivity index (χ0v) is 28.8. The predicted octanol–water partition coefficient (Wildman–Crippen LogP) is 8.49. The minimum Gasteiger partial charge on any atom is -0.497 e. The Morgan fingerprint density at radius 3 is 2.10 bits per heavy atom. The maximum atomic E-state index is 14.4. The molecule has 0 spiro atoms. The molecular weight excluding hydrogens is 650 g/mol. The molecule has 9 heteroatoms. The molecule has 1 aliphatic rings. The number of nitrogens with one attached hydrogen (secondary N) is 1. The summed E-state index contributed by atoms with van der Waals surface area (Å²) in [6.07, 6.45) is 0.723. The van der Waals surface area contributed by atoms with Crippen LogP contribution in [0.1, 0.15) is 37.5 Å². The quantitative estimate of drug-likeness (QED) is 0.165. The Morgan fingerprint density at radius 2 is 1.42 bits per heavy atom. The third-order valence-corrected chi connectivity index (χ3v) is 9.46. The van der Waals surface area contributed by atoms with Crippen molar-refractivity contribution < 1.29 is 23.8 Å². The van der Waals surface area contributed by atoms with Gasteiger partial charge in [-0.3, -0.25) is 9.59 Å². The molecule has 8 nitrogen and oxygen atoms in total. The van der Waals surface area contributed by atoms with Gasteiger partial charge in [0, 0.05) is 46.8 Å². The number of aromatic nitrogens is 1. The molecule has 50 heavy (non-hydrogen) atoms. The number of ether oxygens (including phenoxy) is 3. The lowest BCUT2D eigenvalue weighted by molar-refractivity contribution is 0.0724. The second-order valence-corrected chi connectivity index (χ2v) is 12.7. The number of amides is 2. The van der Waals surface area contributed by atoms with E-state index in [4.69, 9.17) is 25.8 Å². The van der Waals surface area contributed by atoms with E-state index in [2.05, 4.69) is 28.1 Å². The number of nitrogens with zero attached hydrogens (tertiary/aromatic N) is 2. The number of anilines is 1. The van der Waals surface area contributed by atoms with Crippen LogP contribution in [0.25, 0.3) is 22.0 Å². The van der Waals surface area contributed by atoms with Crippen LogP contribution in [0.3, 0.4) is 0 Å². The van der Waals surface area contributed by atoms with Crippen molar-refractivity contribution in [3.05, 3.63) is 142 Å². The van der Waals surface area contributed by atoms with Gasteiger partial charge in [0.15, 0.2) is 11.5 Å². The number of hydrogen-bond acceptors (Lipinski definition) is 5. The molecule has 0 saturated heterocycles. The fourth-order valence-corrected chi connectivity index (χ4v) is 6.61. The lowest BCUT2D eigenvalue weighted by Gasteiger charge is -2.30. The summed E-state index contributed by atoms with van der Waals surface area (Å²) in [5, 5.41) is 4.48. The van der Waals surface area contributed by atoms with Crippen LogP contribution in [-0.2, 0) is 19.5 Å². The summed E-state index contributed by atoms with van der Waals surface area (Å²) in [7, 11) is 4.90. The minimum absolute atomic E-state index is 0.0301. The molecular formula is C41H36ClN3O5. The third-order valence-electron chi connectivity index (χ3n) is 9.21. The smallest absolute Gasteiger partial charge is 0.270 e. The molecule has 0 fully saturated rings. The summed E-state index contributed by atoms with van der Waals surface area (Å²) < 4.78 is 18.5. The largest absolute Gasteiger partial charge is 0.497 e. The number of carbonyl (C=O) groups is 2. The number of fused-ring (bicyclic) bond motifs is 2. The molecule has 0 radical (unpaired) electrons. The maximum absolute atomic E-state index is 14.4. The normalized spacial score (nSPS) is 12.4. The first-order valence-electron chi connectivity index (χ1n) is 16.3. The molecule has 0 saturated carbocycles. The Hall–Kier alpha value is -5.73. The number of hydrogen-bond donors (Lipinski definition) is 1. The first kappa shape index (κ1) is 32.8. The maximum Gasteiger partial charge on any atom is 0.270 e. The van der Waals surface area contributed by atoms with Crippen molar-refractivity contribution in [3.63, 3.8) is 0 Å². The summed E-state index contributed by atoms with van der Waals surface area (Å²) in [5.41, 5.74) is 8.06. The molecule has 252 valence electrons. The van der Waals surface area contributed by atoms with E-state index in [1.807, 2.05) is 71.6 Å². The van der Waals surface area contributed by atoms with Crippen LogP contribution >= 0.6 is 11.6 Å². The fraction of sp³-hybridized carbons (Fsp3) is 0.171. The van der Waals surface area contributed by atoms with Crippen LogP contribution in [0, 0.1) is 0 Å². The van der Waals surface area contributed by atoms with Crippen molar-refractivity contribution >= 4 is 40.0 Å². The SMILES string of the molecule is COc1ccc(Cn2c(C(=O)N3CCc4cc(OC)c(OC)cc4C3)cc3cc(-c4ccc(NC(=O)c5ccc(Cl)cc5)cc4)ccc32)cc1. The Bertz CT molecular complexity index is 2190. The zero-order valence-electron chi connectivity index (χ0n) is 28.0. The molecule has 0 bridgehead atoms. The zero-order chi connectivity index (χ0) is 34.8. The van der Waals surface area contributed by atoms with Crippen molar-refractivity contribution in [2.75, 3.05) is 33.2 Å². The summed E-state index contributed by atoms with van der Waals surface area (Å²) in [6.45, 7) is 1.59. The summed E-state index contributed by atoms with van der Waals surface area (Å²) >= 11 is 5.97. The Kier molecular flexibility index (Phi) is 9.19. The van der Waals surface area contributed by atoms with Crippen LogP contribution in [-0.4, -0.2) is 49.2 Å². The van der Waals surface area contributed by atoms with Gasteiger partial charge in [0.25, 0.3) is 11.8 Å². The third kappa shape index (κ3) is 6.62. The van der Waals surface area contributed by atoms with Gasteiger partial charge >= 0.3 is 0 Å². The van der Waals surface area contributed by atoms with Crippen molar-refractivity contribution in [2.24, 2.45) is 0 Å². The van der Waals surface area contributed by atoms with Gasteiger partial charge in [-0.2, -0.15) is 0 Å². The highest BCUT2D eigenvalue weighted by atomic mass is 35.5. The summed E-state index contributed by atoms with van der Waals surface area (Å²) in [4.78, 5) is 29.0. The van der Waals surface area contributed by atoms with Crippen LogP contribution in [0.5, 0.6) is 17.2 Å². The Labute approximate surface area is 295 Å². The fourth-order valence-electron chi connectivity index (χ4n) is 6.48. The van der Waals surface area contributed by atoms with Gasteiger partial charge < -0.3 is 29.0 Å². The highest BCUT2D eigenvalue weighted by molar-refractivity contribution is 6.30. The second kappa shape index (κ2) is 14.0. The van der Waals surface area contributed by atoms with Gasteiger partial charge in [0.05, 0.1) is 21.3 Å². The lowest BCUT2D eigenvalue weighted by atomic mass is 9.98. The minimum atomic E-state index is -0.206. The summed E-state index contributed by atoms with van der Waals surface area (Å²) in [6, 6.07) is 34.7. The first-order valence-corrected chi connectivity index (χ1v) is 16.7. The van der Waals surface area contributed by atoms with Gasteiger partial charge in [0.1, 0.15) is 11.4 Å². The highest BCUT2D eigenvalue weighted by Gasteiger charge is 2.27. The molecule has 0 aliphatic carbocycles. The van der Waals surface area contributed by atoms with Crippen LogP contribution < -0.4 is 19.5 Å². The van der Waals surface area contributed by atoms with Crippen LogP contribution in [0.4, 0.5) is 5.69 Å². The van der Waals surface area contributed by atoms with Crippen molar-refractivity contribution in [1.82, 2.24) is 9.47 Å². The van der Waals surface area contributed by atoms with Crippen molar-refractivity contribution in [2.45, 2.75) is 19.5 Å². The van der Waals surface area contributed by atoms with E-state index in [1.165, 1.54) is 0 Å². The molecule has 5 aromatic carbocycles. The van der Waals surface area contributed by atoms with Crippen LogP contribution in [0.2, 0.25) is 5.02 Å². The van der Waals surface area contributed by atoms with E-state index in [-0.39, 0.29) is 11.8 Å². The molecule has 1 N–H and O–H groups in total. The molecule has 6 aromatic rings. The Balaban J connectivity index is 1.19. The highest BCUT2D eigenvalue weighted by Crippen LogP contribution is 2.35. The molecule has 2 heterocycles. The van der Waals surface area contributed by atoms with Gasteiger partial charge in [-0.15, -0.1) is 0 Å². The van der Waals surface area contributed by atoms with E-state index < -0.39 is 0 Å². The predicted molar refractivity (Wildman–Crippen MR) is 197 cm³/mol. The number of carbonyl (C=O) groups excluding carboxylic acids is 2. The average Bonchev–Trinajstić information content (AvgIpc) is 3.51. The van der Waals surface area contributed by atoms with Crippen molar-refractivity contribution in [3.8, 4) is 28.4 Å². The van der Waals surface area contributed by atoms with E-state index in [9.17, 15) is 9.59 Å².